The van der Waals surface area contributed by atoms with E-state index in [4.69, 9.17) is 22.3 Å². The Morgan fingerprint density at radius 3 is 2.14 bits per heavy atom. The number of amides is 2. The second-order valence-corrected chi connectivity index (χ2v) is 6.88. The summed E-state index contributed by atoms with van der Waals surface area (Å²) in [4.78, 5) is 50.3. The van der Waals surface area contributed by atoms with E-state index in [9.17, 15) is 24.3 Å². The first-order chi connectivity index (χ1) is 13.1. The number of carbonyl (C=O) groups excluding carboxylic acids is 2. The third-order valence-corrected chi connectivity index (χ3v) is 4.18. The van der Waals surface area contributed by atoms with Gasteiger partial charge in [-0.25, -0.2) is 4.79 Å². The first kappa shape index (κ1) is 25.5. The third-order valence-electron chi connectivity index (χ3n) is 3.53. The van der Waals surface area contributed by atoms with Crippen LogP contribution in [-0.4, -0.2) is 76.6 Å². The second-order valence-electron chi connectivity index (χ2n) is 5.90. The molecule has 0 heterocycles. The fourth-order valence-corrected chi connectivity index (χ4v) is 2.57. The minimum absolute atomic E-state index is 0.100. The van der Waals surface area contributed by atoms with Crippen LogP contribution >= 0.6 is 11.8 Å². The number of carboxylic acid groups (broad SMARTS) is 2. The van der Waals surface area contributed by atoms with Crippen molar-refractivity contribution in [2.24, 2.45) is 22.2 Å². The van der Waals surface area contributed by atoms with Gasteiger partial charge in [0.1, 0.15) is 12.1 Å². The van der Waals surface area contributed by atoms with Gasteiger partial charge < -0.3 is 38.0 Å². The van der Waals surface area contributed by atoms with Crippen molar-refractivity contribution >= 4 is 41.5 Å². The Balaban J connectivity index is 5.09. The minimum atomic E-state index is -1.35. The predicted molar refractivity (Wildman–Crippen MR) is 105 cm³/mol. The molecule has 2 amide bonds. The van der Waals surface area contributed by atoms with Gasteiger partial charge in [-0.05, 0) is 31.3 Å². The Bertz CT molecular complexity index is 583. The fraction of sp³-hybridized carbons (Fsp3) is 0.667. The van der Waals surface area contributed by atoms with Crippen LogP contribution in [0, 0.1) is 0 Å². The SMILES string of the molecule is CSCC[C@H](NC(=O)[C@H](CCCN=C(N)N)NC(=O)[C@@H](N)CC(=O)O)C(=O)O. The smallest absolute Gasteiger partial charge is 0.326 e. The highest BCUT2D eigenvalue weighted by Gasteiger charge is 2.28. The molecule has 28 heavy (non-hydrogen) atoms. The van der Waals surface area contributed by atoms with Gasteiger partial charge in [0.2, 0.25) is 11.8 Å². The van der Waals surface area contributed by atoms with Gasteiger partial charge in [0.15, 0.2) is 5.96 Å². The van der Waals surface area contributed by atoms with Crippen molar-refractivity contribution in [3.8, 4) is 0 Å². The average Bonchev–Trinajstić information content (AvgIpc) is 2.59. The molecular weight excluding hydrogens is 392 g/mol. The molecule has 13 heteroatoms. The third kappa shape index (κ3) is 11.2. The number of carbonyl (C=O) groups is 4. The molecule has 3 atom stereocenters. The van der Waals surface area contributed by atoms with Gasteiger partial charge >= 0.3 is 11.9 Å². The Morgan fingerprint density at radius 1 is 1.04 bits per heavy atom. The molecule has 10 N–H and O–H groups in total. The van der Waals surface area contributed by atoms with Crippen molar-refractivity contribution in [1.82, 2.24) is 10.6 Å². The first-order valence-corrected chi connectivity index (χ1v) is 9.83. The van der Waals surface area contributed by atoms with Crippen LogP contribution in [0.4, 0.5) is 0 Å². The van der Waals surface area contributed by atoms with Gasteiger partial charge in [0.05, 0.1) is 12.5 Å². The van der Waals surface area contributed by atoms with Crippen molar-refractivity contribution in [2.75, 3.05) is 18.6 Å². The normalized spacial score (nSPS) is 13.6. The Hall–Kier alpha value is -2.54. The van der Waals surface area contributed by atoms with Gasteiger partial charge in [0, 0.05) is 6.54 Å². The number of hydrogen-bond donors (Lipinski definition) is 7. The van der Waals surface area contributed by atoms with E-state index in [2.05, 4.69) is 15.6 Å². The van der Waals surface area contributed by atoms with Crippen LogP contribution in [0.1, 0.15) is 25.7 Å². The van der Waals surface area contributed by atoms with E-state index >= 15 is 0 Å². The molecule has 0 bridgehead atoms. The van der Waals surface area contributed by atoms with Crippen LogP contribution in [0.15, 0.2) is 4.99 Å². The molecule has 0 unspecified atom stereocenters. The summed E-state index contributed by atoms with van der Waals surface area (Å²) in [6, 6.07) is -3.58. The highest BCUT2D eigenvalue weighted by Crippen LogP contribution is 2.05. The number of aliphatic imine (C=N–C) groups is 1. The van der Waals surface area contributed by atoms with Gasteiger partial charge in [-0.3, -0.25) is 19.4 Å². The van der Waals surface area contributed by atoms with Crippen LogP contribution in [0.2, 0.25) is 0 Å². The summed E-state index contributed by atoms with van der Waals surface area (Å²) >= 11 is 1.43. The van der Waals surface area contributed by atoms with E-state index in [1.165, 1.54) is 11.8 Å². The molecule has 0 aliphatic heterocycles. The van der Waals surface area contributed by atoms with Crippen molar-refractivity contribution < 1.29 is 29.4 Å². The minimum Gasteiger partial charge on any atom is -0.481 e. The number of nitrogens with one attached hydrogen (secondary N) is 2. The van der Waals surface area contributed by atoms with E-state index < -0.39 is 48.3 Å². The Morgan fingerprint density at radius 2 is 1.64 bits per heavy atom. The predicted octanol–water partition coefficient (Wildman–Crippen LogP) is -2.35. The fourth-order valence-electron chi connectivity index (χ4n) is 2.10. The van der Waals surface area contributed by atoms with Crippen LogP contribution in [-0.2, 0) is 19.2 Å². The number of thioether (sulfide) groups is 1. The van der Waals surface area contributed by atoms with Crippen molar-refractivity contribution in [2.45, 2.75) is 43.8 Å². The molecule has 0 aromatic heterocycles. The van der Waals surface area contributed by atoms with Gasteiger partial charge in [-0.2, -0.15) is 11.8 Å². The van der Waals surface area contributed by atoms with Crippen LogP contribution in [0.3, 0.4) is 0 Å². The number of aliphatic carboxylic acids is 2. The second kappa shape index (κ2) is 13.6. The van der Waals surface area contributed by atoms with Gasteiger partial charge in [-0.15, -0.1) is 0 Å². The van der Waals surface area contributed by atoms with E-state index in [-0.39, 0.29) is 25.3 Å². The zero-order valence-corrected chi connectivity index (χ0v) is 16.4. The lowest BCUT2D eigenvalue weighted by Crippen LogP contribution is -2.54. The van der Waals surface area contributed by atoms with Crippen molar-refractivity contribution in [1.29, 1.82) is 0 Å². The standard InChI is InChI=1S/C15H28N6O6S/c1-28-6-4-10(14(26)27)21-13(25)9(3-2-5-19-15(17)18)20-12(24)8(16)7-11(22)23/h8-10H,2-7,16H2,1H3,(H,20,24)(H,21,25)(H,22,23)(H,26,27)(H4,17,18,19)/t8-,9-,10-/m0/s1. The summed E-state index contributed by atoms with van der Waals surface area (Å²) in [5.74, 6) is -3.62. The van der Waals surface area contributed by atoms with Crippen LogP contribution < -0.4 is 27.8 Å². The van der Waals surface area contributed by atoms with E-state index in [1.807, 2.05) is 0 Å². The average molecular weight is 420 g/mol. The summed E-state index contributed by atoms with van der Waals surface area (Å²) in [6.45, 7) is 0.192. The molecule has 0 rings (SSSR count). The van der Waals surface area contributed by atoms with Crippen molar-refractivity contribution in [3.63, 3.8) is 0 Å². The van der Waals surface area contributed by atoms with E-state index in [0.29, 0.717) is 12.2 Å². The van der Waals surface area contributed by atoms with Crippen LogP contribution in [0.5, 0.6) is 0 Å². The summed E-state index contributed by atoms with van der Waals surface area (Å²) in [5, 5.41) is 22.7. The number of hydrogen-bond acceptors (Lipinski definition) is 7. The first-order valence-electron chi connectivity index (χ1n) is 8.43. The van der Waals surface area contributed by atoms with E-state index in [0.717, 1.165) is 0 Å². The monoisotopic (exact) mass is 420 g/mol. The molecule has 0 spiro atoms. The number of rotatable bonds is 14. The molecule has 0 aliphatic rings. The molecule has 0 fully saturated rings. The van der Waals surface area contributed by atoms with Crippen molar-refractivity contribution in [3.05, 3.63) is 0 Å². The highest BCUT2D eigenvalue weighted by molar-refractivity contribution is 7.98. The maximum absolute atomic E-state index is 12.5. The molecular formula is C15H28N6O6S. The summed E-state index contributed by atoms with van der Waals surface area (Å²) in [5.41, 5.74) is 15.9. The lowest BCUT2D eigenvalue weighted by atomic mass is 10.1. The number of guanidine groups is 1. The lowest BCUT2D eigenvalue weighted by molar-refractivity contribution is -0.142. The molecule has 0 saturated heterocycles. The molecule has 0 aromatic carbocycles. The molecule has 12 nitrogen and oxygen atoms in total. The number of nitrogens with two attached hydrogens (primary N) is 3. The summed E-state index contributed by atoms with van der Waals surface area (Å²) < 4.78 is 0. The van der Waals surface area contributed by atoms with Gasteiger partial charge in [-0.1, -0.05) is 0 Å². The molecule has 0 saturated carbocycles. The summed E-state index contributed by atoms with van der Waals surface area (Å²) in [6.07, 6.45) is 1.81. The number of carboxylic acids is 2. The Kier molecular flexibility index (Phi) is 12.4. The summed E-state index contributed by atoms with van der Waals surface area (Å²) in [7, 11) is 0. The van der Waals surface area contributed by atoms with Gasteiger partial charge in [0.25, 0.3) is 0 Å². The maximum Gasteiger partial charge on any atom is 0.326 e. The van der Waals surface area contributed by atoms with E-state index in [1.54, 1.807) is 6.26 Å². The zero-order chi connectivity index (χ0) is 21.7. The highest BCUT2D eigenvalue weighted by atomic mass is 32.2. The molecule has 0 aromatic rings. The molecule has 0 aliphatic carbocycles. The Labute approximate surface area is 166 Å². The molecule has 0 radical (unpaired) electrons. The zero-order valence-electron chi connectivity index (χ0n) is 15.6. The lowest BCUT2D eigenvalue weighted by Gasteiger charge is -2.22. The topological polar surface area (TPSA) is 223 Å². The number of nitrogens with zero attached hydrogens (tertiary/aromatic N) is 1. The maximum atomic E-state index is 12.5. The quantitative estimate of drug-likeness (QED) is 0.0899. The largest absolute Gasteiger partial charge is 0.481 e. The molecule has 160 valence electrons. The van der Waals surface area contributed by atoms with Crippen LogP contribution in [0.25, 0.3) is 0 Å².